The lowest BCUT2D eigenvalue weighted by Crippen LogP contribution is -2.15. The fourth-order valence-electron chi connectivity index (χ4n) is 2.41. The predicted molar refractivity (Wildman–Crippen MR) is 104 cm³/mol. The summed E-state index contributed by atoms with van der Waals surface area (Å²) in [5.41, 5.74) is 2.74. The van der Waals surface area contributed by atoms with Gasteiger partial charge in [0.05, 0.1) is 24.2 Å². The Morgan fingerprint density at radius 3 is 2.84 bits per heavy atom. The minimum atomic E-state index is -0.120. The van der Waals surface area contributed by atoms with Crippen molar-refractivity contribution < 1.29 is 9.53 Å². The second-order valence-corrected chi connectivity index (χ2v) is 7.13. The van der Waals surface area contributed by atoms with E-state index in [2.05, 4.69) is 28.7 Å². The molecule has 1 heterocycles. The molecular formula is C18H24ClN3O2S. The molecule has 5 nitrogen and oxygen atoms in total. The maximum atomic E-state index is 12.3. The average Bonchev–Trinajstić information content (AvgIpc) is 2.85. The second-order valence-electron chi connectivity index (χ2n) is 5.75. The summed E-state index contributed by atoms with van der Waals surface area (Å²) >= 11 is 7.44. The molecule has 0 atom stereocenters. The number of thioether (sulfide) groups is 1. The van der Waals surface area contributed by atoms with E-state index in [-0.39, 0.29) is 11.7 Å². The number of hydrogen-bond donors (Lipinski definition) is 1. The Labute approximate surface area is 158 Å². The van der Waals surface area contributed by atoms with Crippen molar-refractivity contribution in [2.75, 3.05) is 18.2 Å². The molecule has 0 radical (unpaired) electrons. The molecule has 1 aromatic heterocycles. The van der Waals surface area contributed by atoms with Crippen LogP contribution in [0, 0.1) is 13.8 Å². The number of unbranched alkanes of at least 4 members (excludes halogenated alkanes) is 1. The van der Waals surface area contributed by atoms with Crippen LogP contribution in [0.4, 0.5) is 5.69 Å². The lowest BCUT2D eigenvalue weighted by Gasteiger charge is -2.11. The fraction of sp³-hybridized carbons (Fsp3) is 0.444. The standard InChI is InChI=1S/C18H24ClN3O2S/c1-5-6-9-22-13(3)12(2)20-18(22)25-11-17(23)21-15-10-14(19)7-8-16(15)24-4/h7-8,10H,5-6,9,11H2,1-4H3,(H,21,23). The number of hydrogen-bond acceptors (Lipinski definition) is 4. The van der Waals surface area contributed by atoms with Crippen molar-refractivity contribution >= 4 is 35.0 Å². The number of nitrogens with zero attached hydrogens (tertiary/aromatic N) is 2. The first-order valence-corrected chi connectivity index (χ1v) is 9.62. The number of carbonyl (C=O) groups is 1. The lowest BCUT2D eigenvalue weighted by atomic mass is 10.3. The number of anilines is 1. The highest BCUT2D eigenvalue weighted by Crippen LogP contribution is 2.28. The Bertz CT molecular complexity index is 746. The van der Waals surface area contributed by atoms with Crippen molar-refractivity contribution in [3.63, 3.8) is 0 Å². The molecule has 0 unspecified atom stereocenters. The number of ether oxygens (including phenoxy) is 1. The second kappa shape index (κ2) is 9.15. The highest BCUT2D eigenvalue weighted by molar-refractivity contribution is 7.99. The Morgan fingerprint density at radius 1 is 1.40 bits per heavy atom. The zero-order valence-electron chi connectivity index (χ0n) is 15.1. The number of carbonyl (C=O) groups excluding carboxylic acids is 1. The van der Waals surface area contributed by atoms with Crippen LogP contribution in [0.2, 0.25) is 5.02 Å². The van der Waals surface area contributed by atoms with Gasteiger partial charge in [-0.3, -0.25) is 4.79 Å². The lowest BCUT2D eigenvalue weighted by molar-refractivity contribution is -0.113. The van der Waals surface area contributed by atoms with Gasteiger partial charge in [0, 0.05) is 17.3 Å². The number of benzene rings is 1. The molecule has 136 valence electrons. The van der Waals surface area contributed by atoms with E-state index >= 15 is 0 Å². The predicted octanol–water partition coefficient (Wildman–Crippen LogP) is 4.69. The van der Waals surface area contributed by atoms with Crippen molar-refractivity contribution in [1.82, 2.24) is 9.55 Å². The van der Waals surface area contributed by atoms with Crippen molar-refractivity contribution in [2.24, 2.45) is 0 Å². The van der Waals surface area contributed by atoms with Crippen LogP contribution in [-0.4, -0.2) is 28.3 Å². The van der Waals surface area contributed by atoms with Crippen LogP contribution in [-0.2, 0) is 11.3 Å². The van der Waals surface area contributed by atoms with Gasteiger partial charge in [-0.2, -0.15) is 0 Å². The zero-order valence-corrected chi connectivity index (χ0v) is 16.6. The SMILES string of the molecule is CCCCn1c(SCC(=O)Nc2cc(Cl)ccc2OC)nc(C)c1C. The summed E-state index contributed by atoms with van der Waals surface area (Å²) in [5, 5.41) is 4.28. The first kappa shape index (κ1) is 19.7. The molecule has 0 aliphatic rings. The highest BCUT2D eigenvalue weighted by atomic mass is 35.5. The summed E-state index contributed by atoms with van der Waals surface area (Å²) in [7, 11) is 1.56. The molecule has 1 amide bonds. The molecule has 2 rings (SSSR count). The molecule has 7 heteroatoms. The van der Waals surface area contributed by atoms with E-state index in [1.807, 2.05) is 6.92 Å². The number of amides is 1. The Kier molecular flexibility index (Phi) is 7.20. The normalized spacial score (nSPS) is 10.8. The number of aromatic nitrogens is 2. The number of imidazole rings is 1. The van der Waals surface area contributed by atoms with Crippen molar-refractivity contribution in [2.45, 2.75) is 45.3 Å². The highest BCUT2D eigenvalue weighted by Gasteiger charge is 2.14. The van der Waals surface area contributed by atoms with E-state index in [0.717, 1.165) is 35.9 Å². The summed E-state index contributed by atoms with van der Waals surface area (Å²) in [6.07, 6.45) is 2.21. The van der Waals surface area contributed by atoms with E-state index in [0.29, 0.717) is 16.5 Å². The Morgan fingerprint density at radius 2 is 2.16 bits per heavy atom. The molecule has 0 aliphatic heterocycles. The Balaban J connectivity index is 2.03. The quantitative estimate of drug-likeness (QED) is 0.674. The summed E-state index contributed by atoms with van der Waals surface area (Å²) in [4.78, 5) is 16.9. The third kappa shape index (κ3) is 5.16. The molecule has 0 bridgehead atoms. The molecule has 1 aromatic carbocycles. The van der Waals surface area contributed by atoms with Crippen LogP contribution in [0.25, 0.3) is 0 Å². The number of aryl methyl sites for hydroxylation is 1. The number of methoxy groups -OCH3 is 1. The zero-order chi connectivity index (χ0) is 18.4. The van der Waals surface area contributed by atoms with Crippen molar-refractivity contribution in [3.8, 4) is 5.75 Å². The summed E-state index contributed by atoms with van der Waals surface area (Å²) in [6, 6.07) is 5.13. The number of halogens is 1. The van der Waals surface area contributed by atoms with Crippen molar-refractivity contribution in [1.29, 1.82) is 0 Å². The van der Waals surface area contributed by atoms with E-state index in [4.69, 9.17) is 16.3 Å². The van der Waals surface area contributed by atoms with E-state index in [1.54, 1.807) is 25.3 Å². The maximum absolute atomic E-state index is 12.3. The molecule has 0 saturated carbocycles. The number of rotatable bonds is 8. The Hall–Kier alpha value is -1.66. The molecule has 0 saturated heterocycles. The van der Waals surface area contributed by atoms with Crippen LogP contribution in [0.1, 0.15) is 31.2 Å². The van der Waals surface area contributed by atoms with Gasteiger partial charge in [0.15, 0.2) is 5.16 Å². The summed E-state index contributed by atoms with van der Waals surface area (Å²) in [6.45, 7) is 7.16. The topological polar surface area (TPSA) is 56.2 Å². The first-order valence-electron chi connectivity index (χ1n) is 8.26. The first-order chi connectivity index (χ1) is 12.0. The molecule has 1 N–H and O–H groups in total. The van der Waals surface area contributed by atoms with Crippen LogP contribution in [0.3, 0.4) is 0 Å². The van der Waals surface area contributed by atoms with Crippen LogP contribution in [0.15, 0.2) is 23.4 Å². The van der Waals surface area contributed by atoms with Gasteiger partial charge in [0.1, 0.15) is 5.75 Å². The molecule has 0 aliphatic carbocycles. The maximum Gasteiger partial charge on any atom is 0.234 e. The van der Waals surface area contributed by atoms with Gasteiger partial charge in [-0.15, -0.1) is 0 Å². The van der Waals surface area contributed by atoms with E-state index in [1.165, 1.54) is 11.8 Å². The average molecular weight is 382 g/mol. The largest absolute Gasteiger partial charge is 0.495 e. The molecule has 0 fully saturated rings. The van der Waals surface area contributed by atoms with E-state index < -0.39 is 0 Å². The van der Waals surface area contributed by atoms with Crippen LogP contribution >= 0.6 is 23.4 Å². The minimum absolute atomic E-state index is 0.120. The van der Waals surface area contributed by atoms with Gasteiger partial charge >= 0.3 is 0 Å². The third-order valence-corrected chi connectivity index (χ3v) is 5.14. The molecule has 25 heavy (non-hydrogen) atoms. The van der Waals surface area contributed by atoms with Crippen LogP contribution < -0.4 is 10.1 Å². The number of nitrogens with one attached hydrogen (secondary N) is 1. The monoisotopic (exact) mass is 381 g/mol. The van der Waals surface area contributed by atoms with Gasteiger partial charge in [0.25, 0.3) is 0 Å². The molecule has 0 spiro atoms. The van der Waals surface area contributed by atoms with E-state index in [9.17, 15) is 4.79 Å². The summed E-state index contributed by atoms with van der Waals surface area (Å²) < 4.78 is 7.44. The van der Waals surface area contributed by atoms with Gasteiger partial charge < -0.3 is 14.6 Å². The van der Waals surface area contributed by atoms with Gasteiger partial charge in [-0.05, 0) is 38.5 Å². The van der Waals surface area contributed by atoms with Gasteiger partial charge in [-0.25, -0.2) is 4.98 Å². The van der Waals surface area contributed by atoms with Crippen molar-refractivity contribution in [3.05, 3.63) is 34.6 Å². The smallest absolute Gasteiger partial charge is 0.234 e. The fourth-order valence-corrected chi connectivity index (χ4v) is 3.50. The van der Waals surface area contributed by atoms with Crippen LogP contribution in [0.5, 0.6) is 5.75 Å². The molecular weight excluding hydrogens is 358 g/mol. The summed E-state index contributed by atoms with van der Waals surface area (Å²) in [5.74, 6) is 0.738. The third-order valence-electron chi connectivity index (χ3n) is 3.93. The molecule has 2 aromatic rings. The minimum Gasteiger partial charge on any atom is -0.495 e. The van der Waals surface area contributed by atoms with Gasteiger partial charge in [-0.1, -0.05) is 36.7 Å². The van der Waals surface area contributed by atoms with Gasteiger partial charge in [0.2, 0.25) is 5.91 Å².